The van der Waals surface area contributed by atoms with Gasteiger partial charge in [-0.25, -0.2) is 9.97 Å². The molecule has 1 aliphatic heterocycles. The third-order valence-electron chi connectivity index (χ3n) is 5.30. The summed E-state index contributed by atoms with van der Waals surface area (Å²) in [5.41, 5.74) is 0.212. The molecule has 4 rings (SSSR count). The van der Waals surface area contributed by atoms with Crippen LogP contribution in [0, 0.1) is 0 Å². The van der Waals surface area contributed by atoms with Crippen molar-refractivity contribution >= 4 is 23.5 Å². The SMILES string of the molecule is O=C(Cn1ccc(C(F)(F)F)n1)Nc1ccc(CC(=O)N2CCN(c3ncccn3)CC2)cc1. The second-order valence-electron chi connectivity index (χ2n) is 7.73. The van der Waals surface area contributed by atoms with Crippen LogP contribution >= 0.6 is 0 Å². The van der Waals surface area contributed by atoms with E-state index in [1.165, 1.54) is 0 Å². The lowest BCUT2D eigenvalue weighted by Crippen LogP contribution is -2.49. The largest absolute Gasteiger partial charge is 0.435 e. The van der Waals surface area contributed by atoms with Crippen LogP contribution in [0.25, 0.3) is 0 Å². The topological polar surface area (TPSA) is 96.2 Å². The lowest BCUT2D eigenvalue weighted by Gasteiger charge is -2.34. The summed E-state index contributed by atoms with van der Waals surface area (Å²) in [6.45, 7) is 2.11. The summed E-state index contributed by atoms with van der Waals surface area (Å²) in [5, 5.41) is 5.96. The predicted molar refractivity (Wildman–Crippen MR) is 117 cm³/mol. The molecule has 0 atom stereocenters. The molecule has 178 valence electrons. The van der Waals surface area contributed by atoms with Crippen LogP contribution in [-0.2, 0) is 28.7 Å². The Hall–Kier alpha value is -3.96. The Morgan fingerprint density at radius 1 is 0.971 bits per heavy atom. The van der Waals surface area contributed by atoms with Crippen molar-refractivity contribution in [2.75, 3.05) is 36.4 Å². The van der Waals surface area contributed by atoms with E-state index in [2.05, 4.69) is 20.4 Å². The van der Waals surface area contributed by atoms with Gasteiger partial charge in [0.05, 0.1) is 6.42 Å². The summed E-state index contributed by atoms with van der Waals surface area (Å²) >= 11 is 0. The number of piperazine rings is 1. The molecule has 2 aromatic heterocycles. The monoisotopic (exact) mass is 473 g/mol. The van der Waals surface area contributed by atoms with Gasteiger partial charge in [0.1, 0.15) is 6.54 Å². The Morgan fingerprint density at radius 2 is 1.65 bits per heavy atom. The number of benzene rings is 1. The highest BCUT2D eigenvalue weighted by molar-refractivity contribution is 5.90. The van der Waals surface area contributed by atoms with Crippen LogP contribution < -0.4 is 10.2 Å². The molecule has 1 saturated heterocycles. The number of nitrogens with zero attached hydrogens (tertiary/aromatic N) is 6. The summed E-state index contributed by atoms with van der Waals surface area (Å²) in [7, 11) is 0. The molecule has 1 N–H and O–H groups in total. The molecule has 9 nitrogen and oxygen atoms in total. The molecule has 3 heterocycles. The van der Waals surface area contributed by atoms with Crippen LogP contribution in [-0.4, -0.2) is 62.6 Å². The highest BCUT2D eigenvalue weighted by atomic mass is 19.4. The van der Waals surface area contributed by atoms with Crippen LogP contribution in [0.1, 0.15) is 11.3 Å². The second-order valence-corrected chi connectivity index (χ2v) is 7.73. The molecule has 1 aromatic carbocycles. The maximum absolute atomic E-state index is 12.7. The first-order valence-electron chi connectivity index (χ1n) is 10.6. The standard InChI is InChI=1S/C22H22F3N7O2/c23-22(24,25)18-6-9-32(29-18)15-19(33)28-17-4-2-16(3-5-17)14-20(34)30-10-12-31(13-11-30)21-26-7-1-8-27-21/h1-9H,10-15H2,(H,28,33). The van der Waals surface area contributed by atoms with Crippen LogP contribution in [0.4, 0.5) is 24.8 Å². The number of hydrogen-bond acceptors (Lipinski definition) is 6. The molecule has 0 radical (unpaired) electrons. The maximum atomic E-state index is 12.7. The number of alkyl halides is 3. The van der Waals surface area contributed by atoms with Crippen molar-refractivity contribution in [2.24, 2.45) is 0 Å². The molecular formula is C22H22F3N7O2. The van der Waals surface area contributed by atoms with Gasteiger partial charge >= 0.3 is 6.18 Å². The average Bonchev–Trinajstić information content (AvgIpc) is 3.30. The zero-order valence-corrected chi connectivity index (χ0v) is 18.1. The minimum Gasteiger partial charge on any atom is -0.339 e. The summed E-state index contributed by atoms with van der Waals surface area (Å²) in [4.78, 5) is 37.1. The summed E-state index contributed by atoms with van der Waals surface area (Å²) in [6, 6.07) is 9.33. The minimum absolute atomic E-state index is 0.00423. The van der Waals surface area contributed by atoms with Crippen molar-refractivity contribution < 1.29 is 22.8 Å². The Balaban J connectivity index is 1.24. The molecule has 1 fully saturated rings. The number of carbonyl (C=O) groups excluding carboxylic acids is 2. The fraction of sp³-hybridized carbons (Fsp3) is 0.318. The highest BCUT2D eigenvalue weighted by Gasteiger charge is 2.33. The van der Waals surface area contributed by atoms with Gasteiger partial charge in [-0.1, -0.05) is 12.1 Å². The van der Waals surface area contributed by atoms with E-state index < -0.39 is 17.8 Å². The quantitative estimate of drug-likeness (QED) is 0.590. The van der Waals surface area contributed by atoms with E-state index in [0.717, 1.165) is 22.5 Å². The number of halogens is 3. The van der Waals surface area contributed by atoms with Crippen molar-refractivity contribution in [3.63, 3.8) is 0 Å². The molecule has 2 amide bonds. The Bertz CT molecular complexity index is 1130. The number of aromatic nitrogens is 4. The predicted octanol–water partition coefficient (Wildman–Crippen LogP) is 2.22. The van der Waals surface area contributed by atoms with Crippen LogP contribution in [0.3, 0.4) is 0 Å². The van der Waals surface area contributed by atoms with Crippen LogP contribution in [0.15, 0.2) is 55.0 Å². The van der Waals surface area contributed by atoms with Gasteiger partial charge in [0.25, 0.3) is 0 Å². The molecule has 0 unspecified atom stereocenters. The molecule has 34 heavy (non-hydrogen) atoms. The Kier molecular flexibility index (Phi) is 6.75. The third kappa shape index (κ3) is 5.88. The summed E-state index contributed by atoms with van der Waals surface area (Å²) < 4.78 is 38.8. The number of amides is 2. The van der Waals surface area contributed by atoms with Crippen molar-refractivity contribution in [3.8, 4) is 0 Å². The van der Waals surface area contributed by atoms with E-state index in [-0.39, 0.29) is 18.9 Å². The van der Waals surface area contributed by atoms with E-state index in [9.17, 15) is 22.8 Å². The molecule has 0 saturated carbocycles. The second kappa shape index (κ2) is 9.89. The van der Waals surface area contributed by atoms with Crippen molar-refractivity contribution in [1.29, 1.82) is 0 Å². The number of hydrogen-bond donors (Lipinski definition) is 1. The van der Waals surface area contributed by atoms with Gasteiger partial charge in [-0.2, -0.15) is 18.3 Å². The molecule has 1 aliphatic rings. The highest BCUT2D eigenvalue weighted by Crippen LogP contribution is 2.27. The molecule has 3 aromatic rings. The van der Waals surface area contributed by atoms with E-state index >= 15 is 0 Å². The molecule has 12 heteroatoms. The van der Waals surface area contributed by atoms with Gasteiger partial charge < -0.3 is 15.1 Å². The minimum atomic E-state index is -4.56. The van der Waals surface area contributed by atoms with Gasteiger partial charge in [-0.05, 0) is 29.8 Å². The molecule has 0 aliphatic carbocycles. The van der Waals surface area contributed by atoms with E-state index in [0.29, 0.717) is 37.8 Å². The lowest BCUT2D eigenvalue weighted by atomic mass is 10.1. The first kappa shape index (κ1) is 23.2. The normalized spacial score (nSPS) is 14.2. The number of rotatable bonds is 6. The summed E-state index contributed by atoms with van der Waals surface area (Å²) in [5.74, 6) is 0.145. The zero-order valence-electron chi connectivity index (χ0n) is 18.1. The first-order valence-corrected chi connectivity index (χ1v) is 10.6. The van der Waals surface area contributed by atoms with Gasteiger partial charge in [0, 0.05) is 50.5 Å². The first-order chi connectivity index (χ1) is 16.3. The zero-order chi connectivity index (χ0) is 24.1. The fourth-order valence-electron chi connectivity index (χ4n) is 3.55. The fourth-order valence-corrected chi connectivity index (χ4v) is 3.55. The molecular weight excluding hydrogens is 451 g/mol. The average molecular weight is 473 g/mol. The Morgan fingerprint density at radius 3 is 2.26 bits per heavy atom. The van der Waals surface area contributed by atoms with Gasteiger partial charge in [-0.15, -0.1) is 0 Å². The van der Waals surface area contributed by atoms with Crippen LogP contribution in [0.5, 0.6) is 0 Å². The van der Waals surface area contributed by atoms with E-state index in [4.69, 9.17) is 0 Å². The van der Waals surface area contributed by atoms with Crippen molar-refractivity contribution in [2.45, 2.75) is 19.1 Å². The Labute approximate surface area is 193 Å². The van der Waals surface area contributed by atoms with Crippen molar-refractivity contribution in [3.05, 3.63) is 66.2 Å². The van der Waals surface area contributed by atoms with Crippen molar-refractivity contribution in [1.82, 2.24) is 24.6 Å². The molecule has 0 spiro atoms. The smallest absolute Gasteiger partial charge is 0.339 e. The van der Waals surface area contributed by atoms with Gasteiger partial charge in [0.15, 0.2) is 5.69 Å². The number of nitrogens with one attached hydrogen (secondary N) is 1. The van der Waals surface area contributed by atoms with Crippen LogP contribution in [0.2, 0.25) is 0 Å². The summed E-state index contributed by atoms with van der Waals surface area (Å²) in [6.07, 6.45) is 0.145. The number of carbonyl (C=O) groups is 2. The number of anilines is 2. The molecule has 0 bridgehead atoms. The third-order valence-corrected chi connectivity index (χ3v) is 5.30. The van der Waals surface area contributed by atoms with E-state index in [1.54, 1.807) is 47.6 Å². The lowest BCUT2D eigenvalue weighted by molar-refractivity contribution is -0.141. The van der Waals surface area contributed by atoms with Gasteiger partial charge in [0.2, 0.25) is 17.8 Å². The van der Waals surface area contributed by atoms with E-state index in [1.807, 2.05) is 4.90 Å². The maximum Gasteiger partial charge on any atom is 0.435 e. The van der Waals surface area contributed by atoms with Gasteiger partial charge in [-0.3, -0.25) is 14.3 Å².